The molecule has 1 rings (SSSR count). The molecule has 1 aromatic rings. The second kappa shape index (κ2) is 4.70. The Morgan fingerprint density at radius 2 is 1.69 bits per heavy atom. The van der Waals surface area contributed by atoms with E-state index >= 15 is 0 Å². The lowest BCUT2D eigenvalue weighted by Gasteiger charge is -2.04. The Labute approximate surface area is 108 Å². The Kier molecular flexibility index (Phi) is 4.13. The highest BCUT2D eigenvalue weighted by Gasteiger charge is 2.13. The van der Waals surface area contributed by atoms with E-state index in [0.29, 0.717) is 0 Å². The lowest BCUT2D eigenvalue weighted by Crippen LogP contribution is -2.00. The molecule has 16 heavy (non-hydrogen) atoms. The molecule has 0 aliphatic rings. The second-order valence-corrected chi connectivity index (χ2v) is 8.35. The predicted molar refractivity (Wildman–Crippen MR) is 66.0 cm³/mol. The highest BCUT2D eigenvalue weighted by Crippen LogP contribution is 2.26. The third-order valence-electron chi connectivity index (χ3n) is 1.56. The maximum atomic E-state index is 11.9. The van der Waals surface area contributed by atoms with Crippen molar-refractivity contribution in [1.29, 1.82) is 0 Å². The summed E-state index contributed by atoms with van der Waals surface area (Å²) in [6, 6.07) is 4.07. The molecular formula is C7H6Cl3NO3S2. The Bertz CT molecular complexity index is 632. The summed E-state index contributed by atoms with van der Waals surface area (Å²) in [5.41, 5.74) is 0. The standard InChI is InChI=1S/C7H6Cl3NO3S2/c1-15(12,11-16(10,13)14)5-2-3-6(8)7(9)4-5/h2-4H,1H3. The van der Waals surface area contributed by atoms with Crippen LogP contribution in [0.15, 0.2) is 26.9 Å². The zero-order valence-electron chi connectivity index (χ0n) is 7.85. The number of halogens is 3. The fourth-order valence-corrected chi connectivity index (χ4v) is 4.62. The summed E-state index contributed by atoms with van der Waals surface area (Å²) in [4.78, 5) is 0.145. The van der Waals surface area contributed by atoms with Crippen molar-refractivity contribution in [2.75, 3.05) is 6.26 Å². The van der Waals surface area contributed by atoms with Gasteiger partial charge in [-0.1, -0.05) is 27.0 Å². The SMILES string of the molecule is CS(=O)(=NS(=O)(=O)Cl)c1ccc(Cl)c(Cl)c1. The quantitative estimate of drug-likeness (QED) is 0.786. The molecule has 0 N–H and O–H groups in total. The fraction of sp³-hybridized carbons (Fsp3) is 0.143. The third kappa shape index (κ3) is 3.78. The number of hydrogen-bond donors (Lipinski definition) is 0. The Hall–Kier alpha value is -0.0100. The van der Waals surface area contributed by atoms with Gasteiger partial charge in [0.25, 0.3) is 0 Å². The first-order valence-corrected chi connectivity index (χ1v) is 8.69. The second-order valence-electron chi connectivity index (χ2n) is 2.87. The normalized spacial score (nSPS) is 15.5. The minimum Gasteiger partial charge on any atom is -0.244 e. The minimum absolute atomic E-state index is 0.145. The highest BCUT2D eigenvalue weighted by molar-refractivity contribution is 8.17. The smallest absolute Gasteiger partial charge is 0.244 e. The topological polar surface area (TPSA) is 63.6 Å². The lowest BCUT2D eigenvalue weighted by molar-refractivity contribution is 0.611. The third-order valence-corrected chi connectivity index (χ3v) is 5.78. The Balaban J connectivity index is 3.46. The van der Waals surface area contributed by atoms with E-state index in [1.165, 1.54) is 18.2 Å². The number of hydrogen-bond acceptors (Lipinski definition) is 3. The van der Waals surface area contributed by atoms with Crippen molar-refractivity contribution in [3.8, 4) is 0 Å². The van der Waals surface area contributed by atoms with Crippen LogP contribution in [0, 0.1) is 0 Å². The van der Waals surface area contributed by atoms with Gasteiger partial charge in [-0.15, -0.1) is 0 Å². The van der Waals surface area contributed by atoms with Crippen molar-refractivity contribution in [2.45, 2.75) is 4.90 Å². The van der Waals surface area contributed by atoms with Crippen LogP contribution in [-0.2, 0) is 19.0 Å². The summed E-state index contributed by atoms with van der Waals surface area (Å²) in [6.45, 7) is 0. The number of nitrogens with zero attached hydrogens (tertiary/aromatic N) is 1. The summed E-state index contributed by atoms with van der Waals surface area (Å²) in [7, 11) is -2.45. The van der Waals surface area contributed by atoms with Crippen molar-refractivity contribution in [3.05, 3.63) is 28.2 Å². The fourth-order valence-electron chi connectivity index (χ4n) is 0.925. The van der Waals surface area contributed by atoms with Gasteiger partial charge in [0, 0.05) is 21.8 Å². The Morgan fingerprint density at radius 3 is 2.12 bits per heavy atom. The van der Waals surface area contributed by atoms with E-state index in [9.17, 15) is 12.6 Å². The molecule has 0 aliphatic carbocycles. The zero-order valence-corrected chi connectivity index (χ0v) is 11.8. The van der Waals surface area contributed by atoms with Gasteiger partial charge in [-0.05, 0) is 18.2 Å². The van der Waals surface area contributed by atoms with Crippen LogP contribution in [0.2, 0.25) is 10.0 Å². The van der Waals surface area contributed by atoms with E-state index in [2.05, 4.69) is 3.77 Å². The van der Waals surface area contributed by atoms with Gasteiger partial charge in [0.2, 0.25) is 0 Å². The first-order valence-electron chi connectivity index (χ1n) is 3.75. The van der Waals surface area contributed by atoms with Crippen molar-refractivity contribution in [3.63, 3.8) is 0 Å². The molecule has 0 fully saturated rings. The maximum absolute atomic E-state index is 11.9. The van der Waals surface area contributed by atoms with E-state index in [1.54, 1.807) is 0 Å². The van der Waals surface area contributed by atoms with Crippen molar-refractivity contribution >= 4 is 52.9 Å². The molecule has 0 amide bonds. The molecule has 1 aromatic carbocycles. The Morgan fingerprint density at radius 1 is 1.12 bits per heavy atom. The molecule has 9 heteroatoms. The summed E-state index contributed by atoms with van der Waals surface area (Å²) in [5.74, 6) is 0. The van der Waals surface area contributed by atoms with Gasteiger partial charge in [-0.25, -0.2) is 4.21 Å². The van der Waals surface area contributed by atoms with Gasteiger partial charge in [-0.3, -0.25) is 0 Å². The van der Waals surface area contributed by atoms with Crippen LogP contribution in [0.1, 0.15) is 0 Å². The van der Waals surface area contributed by atoms with Crippen LogP contribution in [0.4, 0.5) is 0 Å². The van der Waals surface area contributed by atoms with E-state index < -0.39 is 19.0 Å². The van der Waals surface area contributed by atoms with E-state index in [4.69, 9.17) is 33.9 Å². The molecule has 0 heterocycles. The zero-order chi connectivity index (χ0) is 12.6. The maximum Gasteiger partial charge on any atom is 0.347 e. The minimum atomic E-state index is -4.21. The molecule has 0 aliphatic heterocycles. The van der Waals surface area contributed by atoms with Crippen LogP contribution >= 0.6 is 33.9 Å². The molecule has 0 saturated heterocycles. The molecule has 0 aromatic heterocycles. The van der Waals surface area contributed by atoms with Gasteiger partial charge in [0.15, 0.2) is 0 Å². The van der Waals surface area contributed by atoms with Crippen LogP contribution in [0.25, 0.3) is 0 Å². The average molecular weight is 323 g/mol. The molecule has 0 bridgehead atoms. The van der Waals surface area contributed by atoms with Gasteiger partial charge in [-0.2, -0.15) is 8.42 Å². The monoisotopic (exact) mass is 321 g/mol. The summed E-state index contributed by atoms with van der Waals surface area (Å²) >= 11 is 11.4. The van der Waals surface area contributed by atoms with Gasteiger partial charge in [0.1, 0.15) is 0 Å². The molecule has 0 radical (unpaired) electrons. The van der Waals surface area contributed by atoms with Gasteiger partial charge in [0.05, 0.1) is 19.8 Å². The van der Waals surface area contributed by atoms with Crippen molar-refractivity contribution in [1.82, 2.24) is 0 Å². The van der Waals surface area contributed by atoms with E-state index in [0.717, 1.165) is 6.26 Å². The molecule has 4 nitrogen and oxygen atoms in total. The summed E-state index contributed by atoms with van der Waals surface area (Å²) < 4.78 is 36.4. The molecule has 1 unspecified atom stereocenters. The molecule has 0 spiro atoms. The molecule has 0 saturated carbocycles. The van der Waals surface area contributed by atoms with Crippen LogP contribution in [-0.4, -0.2) is 18.9 Å². The first kappa shape index (κ1) is 14.1. The van der Waals surface area contributed by atoms with Gasteiger partial charge >= 0.3 is 9.24 Å². The van der Waals surface area contributed by atoms with Crippen molar-refractivity contribution < 1.29 is 12.6 Å². The van der Waals surface area contributed by atoms with E-state index in [-0.39, 0.29) is 14.9 Å². The largest absolute Gasteiger partial charge is 0.347 e. The summed E-state index contributed by atoms with van der Waals surface area (Å²) in [5, 5.41) is 0.435. The molecule has 1 atom stereocenters. The van der Waals surface area contributed by atoms with Crippen LogP contribution in [0.3, 0.4) is 0 Å². The first-order chi connectivity index (χ1) is 7.12. The van der Waals surface area contributed by atoms with Gasteiger partial charge < -0.3 is 0 Å². The molecular weight excluding hydrogens is 317 g/mol. The van der Waals surface area contributed by atoms with Crippen molar-refractivity contribution in [2.24, 2.45) is 3.77 Å². The highest BCUT2D eigenvalue weighted by atomic mass is 35.7. The average Bonchev–Trinajstić information content (AvgIpc) is 2.05. The lowest BCUT2D eigenvalue weighted by atomic mass is 10.4. The molecule has 90 valence electrons. The number of rotatable bonds is 2. The summed E-state index contributed by atoms with van der Waals surface area (Å²) in [6.07, 6.45) is 1.15. The van der Waals surface area contributed by atoms with E-state index in [1.807, 2.05) is 0 Å². The predicted octanol–water partition coefficient (Wildman–Crippen LogP) is 2.93. The van der Waals surface area contributed by atoms with Crippen LogP contribution < -0.4 is 0 Å². The number of benzene rings is 1. The van der Waals surface area contributed by atoms with Crippen LogP contribution in [0.5, 0.6) is 0 Å².